The van der Waals surface area contributed by atoms with Gasteiger partial charge in [0, 0.05) is 32.7 Å². The average molecular weight is 241 g/mol. The molecule has 102 valence electrons. The third kappa shape index (κ3) is 7.02. The lowest BCUT2D eigenvalue weighted by Crippen LogP contribution is -2.47. The van der Waals surface area contributed by atoms with Crippen molar-refractivity contribution in [2.24, 2.45) is 5.92 Å². The Hall–Kier alpha value is -0.120. The highest BCUT2D eigenvalue weighted by Crippen LogP contribution is 2.06. The fraction of sp³-hybridized carbons (Fsp3) is 1.00. The van der Waals surface area contributed by atoms with Crippen LogP contribution in [0.4, 0.5) is 0 Å². The number of piperazine rings is 1. The fourth-order valence-corrected chi connectivity index (χ4v) is 2.53. The Bertz CT molecular complexity index is 174. The van der Waals surface area contributed by atoms with Crippen molar-refractivity contribution >= 4 is 0 Å². The number of hydrogen-bond acceptors (Lipinski definition) is 3. The Labute approximate surface area is 108 Å². The molecule has 3 heteroatoms. The van der Waals surface area contributed by atoms with Gasteiger partial charge >= 0.3 is 0 Å². The van der Waals surface area contributed by atoms with Gasteiger partial charge in [0.25, 0.3) is 0 Å². The van der Waals surface area contributed by atoms with Crippen molar-refractivity contribution in [3.8, 4) is 0 Å². The molecule has 0 bridgehead atoms. The summed E-state index contributed by atoms with van der Waals surface area (Å²) in [4.78, 5) is 5.25. The molecule has 3 nitrogen and oxygen atoms in total. The molecule has 0 aromatic rings. The van der Waals surface area contributed by atoms with E-state index in [2.05, 4.69) is 29.0 Å². The van der Waals surface area contributed by atoms with E-state index in [0.29, 0.717) is 0 Å². The van der Waals surface area contributed by atoms with Crippen molar-refractivity contribution in [1.29, 1.82) is 0 Å². The molecule has 0 atom stereocenters. The highest BCUT2D eigenvalue weighted by atomic mass is 15.3. The molecule has 1 heterocycles. The Morgan fingerprint density at radius 1 is 0.941 bits per heavy atom. The minimum Gasteiger partial charge on any atom is -0.320 e. The van der Waals surface area contributed by atoms with Crippen LogP contribution in [0.2, 0.25) is 0 Å². The predicted molar refractivity (Wildman–Crippen MR) is 75.5 cm³/mol. The Morgan fingerprint density at radius 2 is 1.59 bits per heavy atom. The third-order valence-corrected chi connectivity index (χ3v) is 3.49. The summed E-state index contributed by atoms with van der Waals surface area (Å²) in [5, 5.41) is 3.21. The maximum absolute atomic E-state index is 3.21. The van der Waals surface area contributed by atoms with E-state index < -0.39 is 0 Å². The minimum absolute atomic E-state index is 0.808. The van der Waals surface area contributed by atoms with E-state index in [1.165, 1.54) is 65.1 Å². The zero-order valence-electron chi connectivity index (χ0n) is 12.0. The highest BCUT2D eigenvalue weighted by Gasteiger charge is 2.16. The number of unbranched alkanes of at least 4 members (excludes halogenated alkanes) is 2. The first-order valence-corrected chi connectivity index (χ1v) is 7.31. The maximum Gasteiger partial charge on any atom is 0.0110 e. The zero-order chi connectivity index (χ0) is 12.5. The summed E-state index contributed by atoms with van der Waals surface area (Å²) in [6.07, 6.45) is 4.06. The van der Waals surface area contributed by atoms with Crippen LogP contribution in [0.15, 0.2) is 0 Å². The van der Waals surface area contributed by atoms with E-state index in [0.717, 1.165) is 5.92 Å². The van der Waals surface area contributed by atoms with Crippen molar-refractivity contribution in [2.45, 2.75) is 33.1 Å². The molecule has 0 spiro atoms. The highest BCUT2D eigenvalue weighted by molar-refractivity contribution is 4.72. The first-order chi connectivity index (χ1) is 8.22. The maximum atomic E-state index is 3.21. The number of nitrogens with one attached hydrogen (secondary N) is 1. The van der Waals surface area contributed by atoms with Crippen molar-refractivity contribution in [2.75, 3.05) is 52.9 Å². The van der Waals surface area contributed by atoms with Crippen LogP contribution < -0.4 is 5.32 Å². The van der Waals surface area contributed by atoms with Crippen LogP contribution in [0, 0.1) is 5.92 Å². The molecule has 1 fully saturated rings. The predicted octanol–water partition coefficient (Wildman–Crippen LogP) is 1.65. The van der Waals surface area contributed by atoms with Crippen LogP contribution in [0.25, 0.3) is 0 Å². The first kappa shape index (κ1) is 14.9. The van der Waals surface area contributed by atoms with Gasteiger partial charge in [-0.3, -0.25) is 0 Å². The second-order valence-corrected chi connectivity index (χ2v) is 5.70. The van der Waals surface area contributed by atoms with Crippen LogP contribution in [0.3, 0.4) is 0 Å². The summed E-state index contributed by atoms with van der Waals surface area (Å²) >= 11 is 0. The van der Waals surface area contributed by atoms with Gasteiger partial charge < -0.3 is 15.1 Å². The van der Waals surface area contributed by atoms with Crippen LogP contribution in [-0.4, -0.2) is 62.7 Å². The molecule has 0 unspecified atom stereocenters. The first-order valence-electron chi connectivity index (χ1n) is 7.31. The third-order valence-electron chi connectivity index (χ3n) is 3.49. The second-order valence-electron chi connectivity index (χ2n) is 5.70. The van der Waals surface area contributed by atoms with E-state index in [9.17, 15) is 0 Å². The van der Waals surface area contributed by atoms with E-state index in [-0.39, 0.29) is 0 Å². The summed E-state index contributed by atoms with van der Waals surface area (Å²) < 4.78 is 0. The van der Waals surface area contributed by atoms with Gasteiger partial charge in [-0.05, 0) is 38.9 Å². The lowest BCUT2D eigenvalue weighted by Gasteiger charge is -2.35. The molecule has 17 heavy (non-hydrogen) atoms. The second kappa shape index (κ2) is 8.90. The summed E-state index contributed by atoms with van der Waals surface area (Å²) in [6.45, 7) is 13.5. The van der Waals surface area contributed by atoms with Gasteiger partial charge in [0.2, 0.25) is 0 Å². The SMILES string of the molecule is CNCCCCCN1CCN(CC(C)C)CC1. The lowest BCUT2D eigenvalue weighted by atomic mass is 10.2. The summed E-state index contributed by atoms with van der Waals surface area (Å²) in [7, 11) is 2.04. The largest absolute Gasteiger partial charge is 0.320 e. The number of hydrogen-bond donors (Lipinski definition) is 1. The molecule has 1 N–H and O–H groups in total. The molecule has 0 aromatic carbocycles. The molecule has 1 rings (SSSR count). The van der Waals surface area contributed by atoms with Gasteiger partial charge in [-0.1, -0.05) is 20.3 Å². The molecule has 1 aliphatic heterocycles. The van der Waals surface area contributed by atoms with Gasteiger partial charge in [0.15, 0.2) is 0 Å². The van der Waals surface area contributed by atoms with Gasteiger partial charge in [-0.25, -0.2) is 0 Å². The normalized spacial score (nSPS) is 19.1. The lowest BCUT2D eigenvalue weighted by molar-refractivity contribution is 0.121. The molecule has 1 aliphatic rings. The number of rotatable bonds is 8. The summed E-state index contributed by atoms with van der Waals surface area (Å²) in [5.74, 6) is 0.808. The van der Waals surface area contributed by atoms with Crippen LogP contribution in [-0.2, 0) is 0 Å². The van der Waals surface area contributed by atoms with E-state index in [1.807, 2.05) is 7.05 Å². The molecular weight excluding hydrogens is 210 g/mol. The standard InChI is InChI=1S/C14H31N3/c1-14(2)13-17-11-9-16(10-12-17)8-6-4-5-7-15-3/h14-15H,4-13H2,1-3H3. The smallest absolute Gasteiger partial charge is 0.0110 e. The van der Waals surface area contributed by atoms with E-state index >= 15 is 0 Å². The van der Waals surface area contributed by atoms with E-state index in [4.69, 9.17) is 0 Å². The quantitative estimate of drug-likeness (QED) is 0.652. The molecule has 0 amide bonds. The van der Waals surface area contributed by atoms with Gasteiger partial charge in [0.1, 0.15) is 0 Å². The monoisotopic (exact) mass is 241 g/mol. The molecule has 0 saturated carbocycles. The van der Waals surface area contributed by atoms with E-state index in [1.54, 1.807) is 0 Å². The molecule has 0 aromatic heterocycles. The number of nitrogens with zero attached hydrogens (tertiary/aromatic N) is 2. The van der Waals surface area contributed by atoms with Gasteiger partial charge in [-0.15, -0.1) is 0 Å². The molecule has 1 saturated heterocycles. The summed E-state index contributed by atoms with van der Waals surface area (Å²) in [5.41, 5.74) is 0. The summed E-state index contributed by atoms with van der Waals surface area (Å²) in [6, 6.07) is 0. The Kier molecular flexibility index (Phi) is 7.82. The Balaban J connectivity index is 1.99. The average Bonchev–Trinajstić information content (AvgIpc) is 2.30. The van der Waals surface area contributed by atoms with Crippen molar-refractivity contribution in [3.63, 3.8) is 0 Å². The van der Waals surface area contributed by atoms with Crippen molar-refractivity contribution in [1.82, 2.24) is 15.1 Å². The Morgan fingerprint density at radius 3 is 2.18 bits per heavy atom. The minimum atomic E-state index is 0.808. The molecular formula is C14H31N3. The van der Waals surface area contributed by atoms with Crippen LogP contribution in [0.5, 0.6) is 0 Å². The van der Waals surface area contributed by atoms with Gasteiger partial charge in [0.05, 0.1) is 0 Å². The van der Waals surface area contributed by atoms with Crippen molar-refractivity contribution < 1.29 is 0 Å². The molecule has 0 aliphatic carbocycles. The molecule has 0 radical (unpaired) electrons. The topological polar surface area (TPSA) is 18.5 Å². The van der Waals surface area contributed by atoms with Gasteiger partial charge in [-0.2, -0.15) is 0 Å². The van der Waals surface area contributed by atoms with Crippen LogP contribution in [0.1, 0.15) is 33.1 Å². The zero-order valence-corrected chi connectivity index (χ0v) is 12.0. The van der Waals surface area contributed by atoms with Crippen molar-refractivity contribution in [3.05, 3.63) is 0 Å². The fourth-order valence-electron chi connectivity index (χ4n) is 2.53. The van der Waals surface area contributed by atoms with Crippen LogP contribution >= 0.6 is 0 Å².